The molecule has 0 spiro atoms. The second-order valence-electron chi connectivity index (χ2n) is 9.13. The van der Waals surface area contributed by atoms with E-state index in [0.717, 1.165) is 4.47 Å². The molecule has 0 aliphatic rings. The summed E-state index contributed by atoms with van der Waals surface area (Å²) >= 11 is 7.39. The second-order valence-corrected chi connectivity index (χ2v) is 10.3. The Morgan fingerprint density at radius 1 is 1.03 bits per heavy atom. The van der Waals surface area contributed by atoms with Crippen molar-refractivity contribution in [2.75, 3.05) is 46.5 Å². The first-order chi connectivity index (χ1) is 17.3. The van der Waals surface area contributed by atoms with Crippen molar-refractivity contribution < 1.29 is 38.3 Å². The number of likely N-dealkylation sites (N-methyl/N-ethyl adjacent to an activating group) is 1. The Morgan fingerprint density at radius 2 is 1.70 bits per heavy atom. The topological polar surface area (TPSA) is 163 Å². The van der Waals surface area contributed by atoms with Crippen LogP contribution in [0.3, 0.4) is 0 Å². The maximum absolute atomic E-state index is 12.3. The zero-order valence-electron chi connectivity index (χ0n) is 21.1. The minimum absolute atomic E-state index is 0.0390. The minimum atomic E-state index is -1.38. The van der Waals surface area contributed by atoms with Gasteiger partial charge in [-0.15, -0.1) is 0 Å². The third-order valence-corrected chi connectivity index (χ3v) is 6.07. The highest BCUT2D eigenvalue weighted by molar-refractivity contribution is 9.10. The summed E-state index contributed by atoms with van der Waals surface area (Å²) in [4.78, 5) is 60.1. The molecule has 4 amide bonds. The van der Waals surface area contributed by atoms with Crippen LogP contribution in [0.2, 0.25) is 0 Å². The number of carbonyl (C=O) groups excluding carboxylic acids is 4. The van der Waals surface area contributed by atoms with Crippen molar-refractivity contribution in [3.8, 4) is 0 Å². The Hall–Kier alpha value is -2.84. The molecule has 14 heteroatoms. The van der Waals surface area contributed by atoms with Gasteiger partial charge in [-0.1, -0.05) is 34.1 Å². The molecule has 0 aliphatic heterocycles. The van der Waals surface area contributed by atoms with E-state index in [1.54, 1.807) is 24.3 Å². The van der Waals surface area contributed by atoms with Crippen molar-refractivity contribution in [3.05, 3.63) is 34.3 Å². The molecule has 0 saturated heterocycles. The molecule has 1 aromatic rings. The van der Waals surface area contributed by atoms with Gasteiger partial charge in [-0.3, -0.25) is 14.4 Å². The lowest BCUT2D eigenvalue weighted by molar-refractivity contribution is -0.869. The van der Waals surface area contributed by atoms with Gasteiger partial charge in [-0.2, -0.15) is 12.6 Å². The first-order valence-electron chi connectivity index (χ1n) is 11.5. The van der Waals surface area contributed by atoms with Crippen LogP contribution in [0.15, 0.2) is 28.7 Å². The molecular weight excluding hydrogens is 570 g/mol. The molecule has 0 fully saturated rings. The summed E-state index contributed by atoms with van der Waals surface area (Å²) in [6.07, 6.45) is -1.47. The number of halogens is 1. The lowest BCUT2D eigenvalue weighted by atomic mass is 10.1. The van der Waals surface area contributed by atoms with E-state index in [0.29, 0.717) is 23.1 Å². The summed E-state index contributed by atoms with van der Waals surface area (Å²) in [7, 11) is 5.96. The van der Waals surface area contributed by atoms with Gasteiger partial charge in [0.2, 0.25) is 17.7 Å². The van der Waals surface area contributed by atoms with E-state index >= 15 is 0 Å². The van der Waals surface area contributed by atoms with Crippen LogP contribution in [0, 0.1) is 0 Å². The highest BCUT2D eigenvalue weighted by atomic mass is 79.9. The number of nitrogens with one attached hydrogen (secondary N) is 4. The van der Waals surface area contributed by atoms with Gasteiger partial charge in [0.15, 0.2) is 0 Å². The molecular formula is C23H35BrN5O7S+. The van der Waals surface area contributed by atoms with Crippen molar-refractivity contribution in [2.24, 2.45) is 0 Å². The van der Waals surface area contributed by atoms with E-state index in [1.807, 2.05) is 21.1 Å². The highest BCUT2D eigenvalue weighted by Gasteiger charge is 2.24. The number of ether oxygens (including phenoxy) is 1. The number of hydrogen-bond donors (Lipinski definition) is 6. The maximum atomic E-state index is 12.3. The van der Waals surface area contributed by atoms with Crippen LogP contribution < -0.4 is 21.3 Å². The van der Waals surface area contributed by atoms with E-state index < -0.39 is 36.0 Å². The predicted molar refractivity (Wildman–Crippen MR) is 143 cm³/mol. The number of quaternary nitrogens is 1. The number of carbonyl (C=O) groups is 5. The summed E-state index contributed by atoms with van der Waals surface area (Å²) in [5, 5.41) is 19.2. The van der Waals surface area contributed by atoms with Crippen LogP contribution in [0.4, 0.5) is 4.79 Å². The standard InChI is InChI=1S/C23H34BrN5O7S/c1-29(2,3)11-10-25-20(31)12-26-21(32)18(14-37)27-19(30)9-8-17(22(33)34)28-23(35)36-13-15-6-4-5-7-16(15)24/h4-7,17-18H,8-14H2,1-3H3,(H5-,25,26,27,28,30,31,32,33,34,35,37)/p+1. The van der Waals surface area contributed by atoms with Crippen LogP contribution in [-0.2, 0) is 30.5 Å². The van der Waals surface area contributed by atoms with Crippen LogP contribution >= 0.6 is 28.6 Å². The summed E-state index contributed by atoms with van der Waals surface area (Å²) < 4.78 is 6.46. The summed E-state index contributed by atoms with van der Waals surface area (Å²) in [6, 6.07) is 4.67. The number of amides is 4. The fourth-order valence-corrected chi connectivity index (χ4v) is 3.48. The maximum Gasteiger partial charge on any atom is 0.408 e. The molecule has 0 bridgehead atoms. The Labute approximate surface area is 230 Å². The average molecular weight is 606 g/mol. The fraction of sp³-hybridized carbons (Fsp3) is 0.522. The molecule has 2 atom stereocenters. The van der Waals surface area contributed by atoms with Gasteiger partial charge in [0.1, 0.15) is 18.7 Å². The van der Waals surface area contributed by atoms with Gasteiger partial charge in [0.25, 0.3) is 0 Å². The number of benzene rings is 1. The van der Waals surface area contributed by atoms with Crippen LogP contribution in [-0.4, -0.2) is 98.0 Å². The van der Waals surface area contributed by atoms with Crippen molar-refractivity contribution >= 4 is 58.3 Å². The summed E-state index contributed by atoms with van der Waals surface area (Å²) in [6.45, 7) is 0.820. The number of thiol groups is 1. The Morgan fingerprint density at radius 3 is 2.30 bits per heavy atom. The molecule has 2 unspecified atom stereocenters. The van der Waals surface area contributed by atoms with Gasteiger partial charge in [-0.25, -0.2) is 9.59 Å². The smallest absolute Gasteiger partial charge is 0.408 e. The molecule has 12 nitrogen and oxygen atoms in total. The lowest BCUT2D eigenvalue weighted by Gasteiger charge is -2.23. The second kappa shape index (κ2) is 16.1. The molecule has 1 rings (SSSR count). The van der Waals surface area contributed by atoms with Gasteiger partial charge in [0, 0.05) is 22.2 Å². The van der Waals surface area contributed by atoms with E-state index in [-0.39, 0.29) is 37.7 Å². The van der Waals surface area contributed by atoms with Gasteiger partial charge in [0.05, 0.1) is 40.8 Å². The molecule has 1 aromatic carbocycles. The van der Waals surface area contributed by atoms with Gasteiger partial charge in [-0.05, 0) is 12.5 Å². The Balaban J connectivity index is 2.45. The van der Waals surface area contributed by atoms with Crippen LogP contribution in [0.25, 0.3) is 0 Å². The zero-order chi connectivity index (χ0) is 28.0. The van der Waals surface area contributed by atoms with Crippen molar-refractivity contribution in [1.82, 2.24) is 21.3 Å². The number of carboxylic acids is 1. The Bertz CT molecular complexity index is 958. The largest absolute Gasteiger partial charge is 0.480 e. The van der Waals surface area contributed by atoms with Gasteiger partial charge >= 0.3 is 12.1 Å². The number of aliphatic carboxylic acids is 1. The molecule has 0 heterocycles. The first kappa shape index (κ1) is 32.2. The highest BCUT2D eigenvalue weighted by Crippen LogP contribution is 2.16. The molecule has 5 N–H and O–H groups in total. The molecule has 0 aliphatic carbocycles. The summed E-state index contributed by atoms with van der Waals surface area (Å²) in [5.74, 6) is -2.97. The van der Waals surface area contributed by atoms with Crippen molar-refractivity contribution in [1.29, 1.82) is 0 Å². The Kier molecular flexibility index (Phi) is 14.0. The lowest BCUT2D eigenvalue weighted by Crippen LogP contribution is -2.51. The minimum Gasteiger partial charge on any atom is -0.480 e. The molecule has 206 valence electrons. The quantitative estimate of drug-likeness (QED) is 0.123. The molecule has 0 aromatic heterocycles. The number of rotatable bonds is 15. The van der Waals surface area contributed by atoms with E-state index in [1.165, 1.54) is 0 Å². The van der Waals surface area contributed by atoms with Crippen LogP contribution in [0.1, 0.15) is 18.4 Å². The first-order valence-corrected chi connectivity index (χ1v) is 12.9. The fourth-order valence-electron chi connectivity index (χ4n) is 2.82. The number of carboxylic acid groups (broad SMARTS) is 1. The third-order valence-electron chi connectivity index (χ3n) is 4.93. The van der Waals surface area contributed by atoms with E-state index in [4.69, 9.17) is 4.74 Å². The molecule has 0 radical (unpaired) electrons. The van der Waals surface area contributed by atoms with Crippen molar-refractivity contribution in [3.63, 3.8) is 0 Å². The van der Waals surface area contributed by atoms with Crippen molar-refractivity contribution in [2.45, 2.75) is 31.5 Å². The average Bonchev–Trinajstić information content (AvgIpc) is 2.82. The van der Waals surface area contributed by atoms with Gasteiger partial charge < -0.3 is 35.6 Å². The molecule has 37 heavy (non-hydrogen) atoms. The van der Waals surface area contributed by atoms with E-state index in [2.05, 4.69) is 49.8 Å². The monoisotopic (exact) mass is 604 g/mol. The predicted octanol–water partition coefficient (Wildman–Crippen LogP) is 0.262. The summed E-state index contributed by atoms with van der Waals surface area (Å²) in [5.41, 5.74) is 0.696. The number of alkyl carbamates (subject to hydrolysis) is 1. The normalized spacial score (nSPS) is 12.6. The van der Waals surface area contributed by atoms with E-state index in [9.17, 15) is 29.1 Å². The zero-order valence-corrected chi connectivity index (χ0v) is 23.6. The SMILES string of the molecule is C[N+](C)(C)CCNC(=O)CNC(=O)C(CS)NC(=O)CCC(NC(=O)OCc1ccccc1Br)C(=O)O. The number of nitrogens with zero attached hydrogens (tertiary/aromatic N) is 1. The third kappa shape index (κ3) is 13.9. The number of hydrogen-bond acceptors (Lipinski definition) is 7. The molecule has 0 saturated carbocycles. The van der Waals surface area contributed by atoms with Crippen LogP contribution in [0.5, 0.6) is 0 Å².